The second-order valence-corrected chi connectivity index (χ2v) is 5.93. The molecule has 0 aromatic heterocycles. The van der Waals surface area contributed by atoms with Gasteiger partial charge in [-0.05, 0) is 34.9 Å². The molecular formula is C18H17NS. The summed E-state index contributed by atoms with van der Waals surface area (Å²) in [6, 6.07) is 21.2. The standard InChI is InChI=1S/C18H17NS/c1-13-6-4-11-17(18(13)19)20-12-15-9-5-8-14-7-2-3-10-16(14)15/h2-11H,12,19H2,1H3. The third-order valence-corrected chi connectivity index (χ3v) is 4.67. The molecule has 2 N–H and O–H groups in total. The summed E-state index contributed by atoms with van der Waals surface area (Å²) in [7, 11) is 0. The summed E-state index contributed by atoms with van der Waals surface area (Å²) in [5.41, 5.74) is 9.54. The number of anilines is 1. The number of hydrogen-bond donors (Lipinski definition) is 1. The molecule has 0 aliphatic rings. The zero-order valence-corrected chi connectivity index (χ0v) is 12.3. The summed E-state index contributed by atoms with van der Waals surface area (Å²) >= 11 is 1.80. The van der Waals surface area contributed by atoms with E-state index in [4.69, 9.17) is 5.73 Å². The molecule has 0 fully saturated rings. The van der Waals surface area contributed by atoms with Crippen LogP contribution < -0.4 is 5.73 Å². The van der Waals surface area contributed by atoms with Crippen molar-refractivity contribution < 1.29 is 0 Å². The molecule has 0 aliphatic heterocycles. The maximum Gasteiger partial charge on any atom is 0.0482 e. The fourth-order valence-electron chi connectivity index (χ4n) is 2.35. The van der Waals surface area contributed by atoms with E-state index in [1.807, 2.05) is 0 Å². The van der Waals surface area contributed by atoms with Crippen molar-refractivity contribution in [3.63, 3.8) is 0 Å². The summed E-state index contributed by atoms with van der Waals surface area (Å²) in [4.78, 5) is 1.16. The first kappa shape index (κ1) is 13.1. The minimum Gasteiger partial charge on any atom is -0.398 e. The van der Waals surface area contributed by atoms with Gasteiger partial charge < -0.3 is 5.73 Å². The molecule has 1 nitrogen and oxygen atoms in total. The van der Waals surface area contributed by atoms with E-state index in [0.29, 0.717) is 0 Å². The van der Waals surface area contributed by atoms with E-state index in [1.54, 1.807) is 11.8 Å². The van der Waals surface area contributed by atoms with Crippen LogP contribution in [-0.4, -0.2) is 0 Å². The predicted octanol–water partition coefficient (Wildman–Crippen LogP) is 5.02. The van der Waals surface area contributed by atoms with E-state index in [9.17, 15) is 0 Å². The van der Waals surface area contributed by atoms with Gasteiger partial charge in [-0.25, -0.2) is 0 Å². The first-order valence-corrected chi connectivity index (χ1v) is 7.69. The van der Waals surface area contributed by atoms with Crippen LogP contribution in [0.1, 0.15) is 11.1 Å². The number of hydrogen-bond acceptors (Lipinski definition) is 2. The quantitative estimate of drug-likeness (QED) is 0.538. The normalized spacial score (nSPS) is 10.8. The van der Waals surface area contributed by atoms with Crippen molar-refractivity contribution >= 4 is 28.2 Å². The topological polar surface area (TPSA) is 26.0 Å². The van der Waals surface area contributed by atoms with E-state index < -0.39 is 0 Å². The Morgan fingerprint density at radius 3 is 2.55 bits per heavy atom. The lowest BCUT2D eigenvalue weighted by Gasteiger charge is -2.09. The first-order valence-electron chi connectivity index (χ1n) is 6.70. The van der Waals surface area contributed by atoms with Gasteiger partial charge in [-0.2, -0.15) is 0 Å². The molecule has 0 saturated carbocycles. The Morgan fingerprint density at radius 2 is 1.65 bits per heavy atom. The molecule has 3 aromatic carbocycles. The van der Waals surface area contributed by atoms with Gasteiger partial charge in [-0.15, -0.1) is 11.8 Å². The van der Waals surface area contributed by atoms with Crippen LogP contribution >= 0.6 is 11.8 Å². The van der Waals surface area contributed by atoms with E-state index >= 15 is 0 Å². The number of para-hydroxylation sites is 1. The highest BCUT2D eigenvalue weighted by Crippen LogP contribution is 2.32. The largest absolute Gasteiger partial charge is 0.398 e. The summed E-state index contributed by atoms with van der Waals surface area (Å²) in [6.07, 6.45) is 0. The molecule has 0 amide bonds. The van der Waals surface area contributed by atoms with Crippen LogP contribution in [0.2, 0.25) is 0 Å². The van der Waals surface area contributed by atoms with Gasteiger partial charge in [0.05, 0.1) is 0 Å². The number of benzene rings is 3. The first-order chi connectivity index (χ1) is 9.75. The van der Waals surface area contributed by atoms with Gasteiger partial charge in [0.1, 0.15) is 0 Å². The molecule has 0 radical (unpaired) electrons. The highest BCUT2D eigenvalue weighted by molar-refractivity contribution is 7.98. The van der Waals surface area contributed by atoms with Crippen LogP contribution in [0.15, 0.2) is 65.6 Å². The van der Waals surface area contributed by atoms with Gasteiger partial charge in [-0.1, -0.05) is 54.6 Å². The molecule has 0 saturated heterocycles. The average molecular weight is 279 g/mol. The summed E-state index contributed by atoms with van der Waals surface area (Å²) < 4.78 is 0. The highest BCUT2D eigenvalue weighted by atomic mass is 32.2. The number of nitrogen functional groups attached to an aromatic ring is 1. The minimum atomic E-state index is 0.901. The Morgan fingerprint density at radius 1 is 0.900 bits per heavy atom. The van der Waals surface area contributed by atoms with Crippen molar-refractivity contribution in [2.45, 2.75) is 17.6 Å². The van der Waals surface area contributed by atoms with Crippen molar-refractivity contribution in [1.82, 2.24) is 0 Å². The van der Waals surface area contributed by atoms with E-state index in [2.05, 4.69) is 67.6 Å². The molecule has 20 heavy (non-hydrogen) atoms. The lowest BCUT2D eigenvalue weighted by Crippen LogP contribution is -1.92. The second-order valence-electron chi connectivity index (χ2n) is 4.91. The van der Waals surface area contributed by atoms with E-state index in [1.165, 1.54) is 16.3 Å². The maximum absolute atomic E-state index is 6.14. The molecule has 100 valence electrons. The van der Waals surface area contributed by atoms with Gasteiger partial charge >= 0.3 is 0 Å². The summed E-state index contributed by atoms with van der Waals surface area (Å²) in [6.45, 7) is 2.05. The van der Waals surface area contributed by atoms with Gasteiger partial charge in [0.25, 0.3) is 0 Å². The van der Waals surface area contributed by atoms with Crippen LogP contribution in [0.5, 0.6) is 0 Å². The Labute approximate surface area is 123 Å². The molecule has 3 aromatic rings. The highest BCUT2D eigenvalue weighted by Gasteiger charge is 2.05. The summed E-state index contributed by atoms with van der Waals surface area (Å²) in [5, 5.41) is 2.62. The van der Waals surface area contributed by atoms with Gasteiger partial charge in [0.15, 0.2) is 0 Å². The Bertz CT molecular complexity index is 744. The number of thioether (sulfide) groups is 1. The van der Waals surface area contributed by atoms with Crippen LogP contribution in [0.3, 0.4) is 0 Å². The fraction of sp³-hybridized carbons (Fsp3) is 0.111. The molecule has 0 atom stereocenters. The molecule has 0 bridgehead atoms. The van der Waals surface area contributed by atoms with Crippen molar-refractivity contribution in [3.8, 4) is 0 Å². The van der Waals surface area contributed by atoms with Crippen LogP contribution in [0, 0.1) is 6.92 Å². The van der Waals surface area contributed by atoms with Gasteiger partial charge in [0, 0.05) is 16.3 Å². The van der Waals surface area contributed by atoms with Crippen molar-refractivity contribution in [2.24, 2.45) is 0 Å². The molecule has 3 rings (SSSR count). The minimum absolute atomic E-state index is 0.901. The SMILES string of the molecule is Cc1cccc(SCc2cccc3ccccc23)c1N. The Hall–Kier alpha value is -1.93. The Kier molecular flexibility index (Phi) is 3.66. The Balaban J connectivity index is 1.89. The third kappa shape index (κ3) is 2.52. The van der Waals surface area contributed by atoms with Crippen LogP contribution in [0.25, 0.3) is 10.8 Å². The zero-order chi connectivity index (χ0) is 13.9. The number of nitrogens with two attached hydrogens (primary N) is 1. The van der Waals surface area contributed by atoms with Crippen molar-refractivity contribution in [2.75, 3.05) is 5.73 Å². The molecule has 2 heteroatoms. The average Bonchev–Trinajstić information content (AvgIpc) is 2.49. The van der Waals surface area contributed by atoms with Crippen LogP contribution in [-0.2, 0) is 5.75 Å². The molecule has 0 aliphatic carbocycles. The third-order valence-electron chi connectivity index (χ3n) is 3.55. The fourth-order valence-corrected chi connectivity index (χ4v) is 3.41. The van der Waals surface area contributed by atoms with Crippen molar-refractivity contribution in [1.29, 1.82) is 0 Å². The smallest absolute Gasteiger partial charge is 0.0482 e. The number of rotatable bonds is 3. The second kappa shape index (κ2) is 5.59. The van der Waals surface area contributed by atoms with Crippen LogP contribution in [0.4, 0.5) is 5.69 Å². The summed E-state index contributed by atoms with van der Waals surface area (Å²) in [5.74, 6) is 0.939. The maximum atomic E-state index is 6.14. The predicted molar refractivity (Wildman–Crippen MR) is 89.1 cm³/mol. The van der Waals surface area contributed by atoms with Gasteiger partial charge in [0.2, 0.25) is 0 Å². The lowest BCUT2D eigenvalue weighted by atomic mass is 10.1. The number of fused-ring (bicyclic) bond motifs is 1. The molecule has 0 heterocycles. The van der Waals surface area contributed by atoms with Gasteiger partial charge in [-0.3, -0.25) is 0 Å². The molecular weight excluding hydrogens is 262 g/mol. The zero-order valence-electron chi connectivity index (χ0n) is 11.5. The molecule has 0 spiro atoms. The lowest BCUT2D eigenvalue weighted by molar-refractivity contribution is 1.35. The number of aryl methyl sites for hydroxylation is 1. The van der Waals surface area contributed by atoms with Crippen molar-refractivity contribution in [3.05, 3.63) is 71.8 Å². The van der Waals surface area contributed by atoms with E-state index in [-0.39, 0.29) is 0 Å². The monoisotopic (exact) mass is 279 g/mol. The van der Waals surface area contributed by atoms with E-state index in [0.717, 1.165) is 21.9 Å². The molecule has 0 unspecified atom stereocenters.